The van der Waals surface area contributed by atoms with E-state index >= 15 is 0 Å². The number of aromatic nitrogens is 1. The first-order valence-corrected chi connectivity index (χ1v) is 8.00. The van der Waals surface area contributed by atoms with Gasteiger partial charge in [-0.2, -0.15) is 0 Å². The highest BCUT2D eigenvalue weighted by molar-refractivity contribution is 6.30. The minimum atomic E-state index is -4.81. The minimum absolute atomic E-state index is 0.232. The van der Waals surface area contributed by atoms with Crippen molar-refractivity contribution in [1.29, 1.82) is 0 Å². The van der Waals surface area contributed by atoms with Crippen LogP contribution in [-0.2, 0) is 0 Å². The Balaban J connectivity index is 2.35. The highest BCUT2D eigenvalue weighted by Crippen LogP contribution is 2.36. The topological polar surface area (TPSA) is 39.2 Å². The summed E-state index contributed by atoms with van der Waals surface area (Å²) in [6.07, 6.45) is -4.81. The van der Waals surface area contributed by atoms with E-state index in [1.165, 1.54) is 25.1 Å². The third-order valence-electron chi connectivity index (χ3n) is 3.86. The maximum Gasteiger partial charge on any atom is 0.573 e. The van der Waals surface area contributed by atoms with Crippen LogP contribution in [0, 0.1) is 6.92 Å². The first-order chi connectivity index (χ1) is 12.2. The lowest BCUT2D eigenvalue weighted by molar-refractivity contribution is -0.274. The van der Waals surface area contributed by atoms with Crippen molar-refractivity contribution >= 4 is 28.3 Å². The highest BCUT2D eigenvalue weighted by atomic mass is 35.5. The SMILES string of the molecule is CC(=O)c1c(C)nc2ccc(OC(F)(F)F)cc2c1-c1ccc(Cl)cc1. The normalized spacial score (nSPS) is 11.6. The molecule has 0 fully saturated rings. The molecule has 0 saturated heterocycles. The Morgan fingerprint density at radius 1 is 1.12 bits per heavy atom. The van der Waals surface area contributed by atoms with Crippen molar-refractivity contribution in [1.82, 2.24) is 4.98 Å². The largest absolute Gasteiger partial charge is 0.573 e. The molecule has 3 rings (SSSR count). The van der Waals surface area contributed by atoms with Crippen LogP contribution in [0.25, 0.3) is 22.0 Å². The summed E-state index contributed by atoms with van der Waals surface area (Å²) in [4.78, 5) is 16.6. The van der Waals surface area contributed by atoms with Crippen molar-refractivity contribution < 1.29 is 22.7 Å². The second-order valence-corrected chi connectivity index (χ2v) is 6.17. The van der Waals surface area contributed by atoms with Crippen molar-refractivity contribution in [2.45, 2.75) is 20.2 Å². The number of hydrogen-bond acceptors (Lipinski definition) is 3. The molecule has 0 bridgehead atoms. The van der Waals surface area contributed by atoms with Crippen molar-refractivity contribution in [2.24, 2.45) is 0 Å². The van der Waals surface area contributed by atoms with Crippen LogP contribution in [0.3, 0.4) is 0 Å². The van der Waals surface area contributed by atoms with Gasteiger partial charge >= 0.3 is 6.36 Å². The van der Waals surface area contributed by atoms with E-state index in [1.54, 1.807) is 31.2 Å². The molecular weight excluding hydrogens is 367 g/mol. The fourth-order valence-corrected chi connectivity index (χ4v) is 3.04. The molecule has 2 aromatic carbocycles. The third-order valence-corrected chi connectivity index (χ3v) is 4.11. The molecule has 1 heterocycles. The number of alkyl halides is 3. The van der Waals surface area contributed by atoms with E-state index in [1.807, 2.05) is 0 Å². The molecule has 0 atom stereocenters. The lowest BCUT2D eigenvalue weighted by Gasteiger charge is -2.16. The molecule has 134 valence electrons. The number of carbonyl (C=O) groups excluding carboxylic acids is 1. The minimum Gasteiger partial charge on any atom is -0.406 e. The Labute approximate surface area is 152 Å². The number of halogens is 4. The van der Waals surface area contributed by atoms with Gasteiger partial charge in [0.05, 0.1) is 5.52 Å². The molecule has 0 saturated carbocycles. The average Bonchev–Trinajstić information content (AvgIpc) is 2.53. The molecule has 7 heteroatoms. The Kier molecular flexibility index (Phi) is 4.63. The van der Waals surface area contributed by atoms with E-state index in [-0.39, 0.29) is 11.5 Å². The number of Topliss-reactive ketones (excluding diaryl/α,β-unsaturated/α-hetero) is 1. The van der Waals surface area contributed by atoms with Gasteiger partial charge in [-0.05, 0) is 49.7 Å². The zero-order chi connectivity index (χ0) is 19.1. The summed E-state index contributed by atoms with van der Waals surface area (Å²) in [5, 5.41) is 0.902. The maximum atomic E-state index is 12.6. The van der Waals surface area contributed by atoms with E-state index in [2.05, 4.69) is 9.72 Å². The Morgan fingerprint density at radius 3 is 2.35 bits per heavy atom. The number of rotatable bonds is 3. The van der Waals surface area contributed by atoms with Crippen LogP contribution in [0.1, 0.15) is 23.0 Å². The lowest BCUT2D eigenvalue weighted by atomic mass is 9.92. The summed E-state index contributed by atoms with van der Waals surface area (Å²) in [7, 11) is 0. The number of pyridine rings is 1. The van der Waals surface area contributed by atoms with Crippen LogP contribution in [0.4, 0.5) is 13.2 Å². The molecule has 0 aliphatic heterocycles. The number of hydrogen-bond donors (Lipinski definition) is 0. The average molecular weight is 380 g/mol. The molecule has 0 aliphatic rings. The molecular formula is C19H13ClF3NO2. The van der Waals surface area contributed by atoms with Crippen LogP contribution in [0.5, 0.6) is 5.75 Å². The van der Waals surface area contributed by atoms with Crippen molar-refractivity contribution in [3.63, 3.8) is 0 Å². The number of fused-ring (bicyclic) bond motifs is 1. The fraction of sp³-hybridized carbons (Fsp3) is 0.158. The zero-order valence-corrected chi connectivity index (χ0v) is 14.6. The predicted octanol–water partition coefficient (Wildman–Crippen LogP) is 5.96. The summed E-state index contributed by atoms with van der Waals surface area (Å²) >= 11 is 5.92. The molecule has 0 amide bonds. The monoisotopic (exact) mass is 379 g/mol. The van der Waals surface area contributed by atoms with Gasteiger partial charge < -0.3 is 4.74 Å². The van der Waals surface area contributed by atoms with E-state index in [0.29, 0.717) is 38.3 Å². The van der Waals surface area contributed by atoms with E-state index in [4.69, 9.17) is 11.6 Å². The summed E-state index contributed by atoms with van der Waals surface area (Å²) in [6.45, 7) is 3.08. The smallest absolute Gasteiger partial charge is 0.406 e. The summed E-state index contributed by atoms with van der Waals surface area (Å²) in [6, 6.07) is 10.6. The summed E-state index contributed by atoms with van der Waals surface area (Å²) < 4.78 is 41.7. The van der Waals surface area contributed by atoms with Crippen LogP contribution in [-0.4, -0.2) is 17.1 Å². The van der Waals surface area contributed by atoms with Gasteiger partial charge in [0.2, 0.25) is 0 Å². The zero-order valence-electron chi connectivity index (χ0n) is 13.8. The molecule has 1 aromatic heterocycles. The summed E-state index contributed by atoms with van der Waals surface area (Å²) in [5.41, 5.74) is 2.47. The molecule has 0 aliphatic carbocycles. The van der Waals surface area contributed by atoms with E-state index < -0.39 is 6.36 Å². The Morgan fingerprint density at radius 2 is 1.77 bits per heavy atom. The number of ketones is 1. The van der Waals surface area contributed by atoms with Crippen molar-refractivity contribution in [3.8, 4) is 16.9 Å². The lowest BCUT2D eigenvalue weighted by Crippen LogP contribution is -2.17. The standard InChI is InChI=1S/C19H13ClF3NO2/c1-10-17(11(2)25)18(12-3-5-13(20)6-4-12)15-9-14(26-19(21,22)23)7-8-16(15)24-10/h3-9H,1-2H3. The van der Waals surface area contributed by atoms with Crippen LogP contribution >= 0.6 is 11.6 Å². The number of aryl methyl sites for hydroxylation is 1. The second kappa shape index (κ2) is 6.61. The van der Waals surface area contributed by atoms with Crippen molar-refractivity contribution in [3.05, 3.63) is 58.7 Å². The number of carbonyl (C=O) groups is 1. The van der Waals surface area contributed by atoms with Gasteiger partial charge in [-0.1, -0.05) is 23.7 Å². The molecule has 26 heavy (non-hydrogen) atoms. The van der Waals surface area contributed by atoms with Gasteiger partial charge in [0, 0.05) is 27.2 Å². The van der Waals surface area contributed by atoms with Crippen molar-refractivity contribution in [2.75, 3.05) is 0 Å². The van der Waals surface area contributed by atoms with Gasteiger partial charge in [0.1, 0.15) is 5.75 Å². The van der Waals surface area contributed by atoms with Gasteiger partial charge in [0.25, 0.3) is 0 Å². The third kappa shape index (κ3) is 3.65. The molecule has 3 nitrogen and oxygen atoms in total. The van der Waals surface area contributed by atoms with Gasteiger partial charge in [-0.3, -0.25) is 9.78 Å². The maximum absolute atomic E-state index is 12.6. The molecule has 0 spiro atoms. The summed E-state index contributed by atoms with van der Waals surface area (Å²) in [5.74, 6) is -0.607. The van der Waals surface area contributed by atoms with E-state index in [0.717, 1.165) is 0 Å². The van der Waals surface area contributed by atoms with Crippen LogP contribution in [0.15, 0.2) is 42.5 Å². The predicted molar refractivity (Wildman–Crippen MR) is 93.6 cm³/mol. The van der Waals surface area contributed by atoms with Gasteiger partial charge in [-0.15, -0.1) is 13.2 Å². The van der Waals surface area contributed by atoms with Crippen LogP contribution in [0.2, 0.25) is 5.02 Å². The fourth-order valence-electron chi connectivity index (χ4n) is 2.91. The van der Waals surface area contributed by atoms with E-state index in [9.17, 15) is 18.0 Å². The molecule has 0 unspecified atom stereocenters. The molecule has 3 aromatic rings. The molecule has 0 radical (unpaired) electrons. The van der Waals surface area contributed by atoms with Gasteiger partial charge in [-0.25, -0.2) is 0 Å². The second-order valence-electron chi connectivity index (χ2n) is 5.74. The Bertz CT molecular complexity index is 998. The Hall–Kier alpha value is -2.60. The molecule has 0 N–H and O–H groups in total. The first kappa shape index (κ1) is 18.2. The quantitative estimate of drug-likeness (QED) is 0.527. The van der Waals surface area contributed by atoms with Gasteiger partial charge in [0.15, 0.2) is 5.78 Å². The number of ether oxygens (including phenoxy) is 1. The number of nitrogens with zero attached hydrogens (tertiary/aromatic N) is 1. The highest BCUT2D eigenvalue weighted by Gasteiger charge is 2.31. The first-order valence-electron chi connectivity index (χ1n) is 7.62. The van der Waals surface area contributed by atoms with Crippen LogP contribution < -0.4 is 4.74 Å². The number of benzene rings is 2.